The number of ether oxygens (including phenoxy) is 1. The molecular formula is C24H36O2. The van der Waals surface area contributed by atoms with Crippen LogP contribution in [-0.4, -0.2) is 5.97 Å². The van der Waals surface area contributed by atoms with Gasteiger partial charge in [0, 0.05) is 0 Å². The largest absolute Gasteiger partial charge is 0.461 e. The Morgan fingerprint density at radius 1 is 0.846 bits per heavy atom. The summed E-state index contributed by atoms with van der Waals surface area (Å²) in [6.07, 6.45) is 2.05. The number of carbonyl (C=O) groups excluding carboxylic acids is 1. The van der Waals surface area contributed by atoms with Crippen molar-refractivity contribution in [1.29, 1.82) is 0 Å². The van der Waals surface area contributed by atoms with Crippen LogP contribution in [0.1, 0.15) is 71.4 Å². The van der Waals surface area contributed by atoms with Gasteiger partial charge in [0.15, 0.2) is 0 Å². The van der Waals surface area contributed by atoms with E-state index in [2.05, 4.69) is 44.2 Å². The maximum absolute atomic E-state index is 11.3. The van der Waals surface area contributed by atoms with Gasteiger partial charge in [-0.25, -0.2) is 0 Å². The second-order valence-corrected chi connectivity index (χ2v) is 6.12. The third-order valence-corrected chi connectivity index (χ3v) is 4.22. The molecule has 2 atom stereocenters. The maximum atomic E-state index is 11.3. The van der Waals surface area contributed by atoms with Gasteiger partial charge in [0.2, 0.25) is 0 Å². The molecule has 0 aliphatic carbocycles. The van der Waals surface area contributed by atoms with E-state index in [9.17, 15) is 4.79 Å². The summed E-state index contributed by atoms with van der Waals surface area (Å²) >= 11 is 0. The molecule has 26 heavy (non-hydrogen) atoms. The van der Waals surface area contributed by atoms with Crippen molar-refractivity contribution >= 4 is 5.97 Å². The van der Waals surface area contributed by atoms with Gasteiger partial charge in [-0.2, -0.15) is 0 Å². The minimum Gasteiger partial charge on any atom is -0.461 e. The van der Waals surface area contributed by atoms with Crippen molar-refractivity contribution in [3.8, 4) is 0 Å². The molecule has 2 nitrogen and oxygen atoms in total. The minimum absolute atomic E-state index is 0.00119. The molecule has 0 saturated carbocycles. The monoisotopic (exact) mass is 356 g/mol. The minimum atomic E-state index is -0.114. The zero-order valence-electron chi connectivity index (χ0n) is 17.4. The van der Waals surface area contributed by atoms with E-state index in [4.69, 9.17) is 4.74 Å². The van der Waals surface area contributed by atoms with Crippen molar-refractivity contribution in [3.63, 3.8) is 0 Å². The van der Waals surface area contributed by atoms with E-state index in [0.717, 1.165) is 12.0 Å². The second-order valence-electron chi connectivity index (χ2n) is 6.12. The van der Waals surface area contributed by atoms with Crippen molar-refractivity contribution < 1.29 is 9.53 Å². The van der Waals surface area contributed by atoms with Crippen molar-refractivity contribution in [3.05, 3.63) is 71.8 Å². The van der Waals surface area contributed by atoms with Crippen LogP contribution in [-0.2, 0) is 16.1 Å². The molecule has 0 aliphatic heterocycles. The van der Waals surface area contributed by atoms with Gasteiger partial charge in [0.25, 0.3) is 0 Å². The standard InChI is InChI=1S/C12H16O2.C10H14.C2H6/c1-3-10(2)12(13)14-9-11-7-5-4-6-8-11;1-3-9(2)10-7-5-4-6-8-10;1-2/h4-8,10H,3,9H2,1-2H3;4-9H,3H2,1-2H3;1-2H3. The molecule has 0 amide bonds. The van der Waals surface area contributed by atoms with Crippen LogP contribution in [0.4, 0.5) is 0 Å². The predicted octanol–water partition coefficient (Wildman–Crippen LogP) is 7.00. The van der Waals surface area contributed by atoms with E-state index in [1.54, 1.807) is 0 Å². The molecule has 0 saturated heterocycles. The molecule has 0 fully saturated rings. The van der Waals surface area contributed by atoms with E-state index in [1.165, 1.54) is 12.0 Å². The molecule has 2 aromatic rings. The number of hydrogen-bond donors (Lipinski definition) is 0. The molecular weight excluding hydrogens is 320 g/mol. The van der Waals surface area contributed by atoms with E-state index in [1.807, 2.05) is 58.0 Å². The Bertz CT molecular complexity index is 563. The summed E-state index contributed by atoms with van der Waals surface area (Å²) in [5, 5.41) is 0. The Labute approximate surface area is 160 Å². The lowest BCUT2D eigenvalue weighted by atomic mass is 9.99. The first-order chi connectivity index (χ1) is 12.6. The number of rotatable bonds is 6. The Hall–Kier alpha value is -2.09. The molecule has 0 bridgehead atoms. The van der Waals surface area contributed by atoms with Crippen LogP contribution in [0, 0.1) is 5.92 Å². The highest BCUT2D eigenvalue weighted by Crippen LogP contribution is 2.16. The summed E-state index contributed by atoms with van der Waals surface area (Å²) in [5.41, 5.74) is 2.48. The third kappa shape index (κ3) is 10.0. The lowest BCUT2D eigenvalue weighted by Crippen LogP contribution is -2.13. The zero-order chi connectivity index (χ0) is 19.8. The highest BCUT2D eigenvalue weighted by Gasteiger charge is 2.11. The lowest BCUT2D eigenvalue weighted by Gasteiger charge is -2.08. The van der Waals surface area contributed by atoms with Gasteiger partial charge in [-0.05, 0) is 29.9 Å². The van der Waals surface area contributed by atoms with Crippen LogP contribution >= 0.6 is 0 Å². The summed E-state index contributed by atoms with van der Waals surface area (Å²) in [4.78, 5) is 11.3. The molecule has 2 aromatic carbocycles. The first-order valence-electron chi connectivity index (χ1n) is 9.83. The van der Waals surface area contributed by atoms with Gasteiger partial charge in [0.05, 0.1) is 5.92 Å². The van der Waals surface area contributed by atoms with Gasteiger partial charge >= 0.3 is 5.97 Å². The first kappa shape index (κ1) is 23.9. The summed E-state index contributed by atoms with van der Waals surface area (Å²) in [6, 6.07) is 20.4. The molecule has 0 aliphatic rings. The molecule has 0 heterocycles. The summed E-state index contributed by atoms with van der Waals surface area (Å²) < 4.78 is 5.14. The highest BCUT2D eigenvalue weighted by atomic mass is 16.5. The van der Waals surface area contributed by atoms with E-state index in [-0.39, 0.29) is 11.9 Å². The molecule has 0 N–H and O–H groups in total. The quantitative estimate of drug-likeness (QED) is 0.521. The molecule has 2 unspecified atom stereocenters. The number of benzene rings is 2. The zero-order valence-corrected chi connectivity index (χ0v) is 17.4. The number of esters is 1. The van der Waals surface area contributed by atoms with Crippen LogP contribution in [0.2, 0.25) is 0 Å². The summed E-state index contributed by atoms with van der Waals surface area (Å²) in [6.45, 7) is 12.7. The van der Waals surface area contributed by atoms with E-state index < -0.39 is 0 Å². The molecule has 144 valence electrons. The molecule has 0 radical (unpaired) electrons. The van der Waals surface area contributed by atoms with Crippen molar-refractivity contribution in [2.45, 2.75) is 66.9 Å². The Balaban J connectivity index is 0.000000458. The van der Waals surface area contributed by atoms with Crippen LogP contribution < -0.4 is 0 Å². The van der Waals surface area contributed by atoms with Gasteiger partial charge in [-0.15, -0.1) is 0 Å². The normalized spacial score (nSPS) is 11.8. The summed E-state index contributed by atoms with van der Waals surface area (Å²) in [5.74, 6) is 0.594. The fourth-order valence-electron chi connectivity index (χ4n) is 2.05. The molecule has 2 heteroatoms. The maximum Gasteiger partial charge on any atom is 0.308 e. The van der Waals surface area contributed by atoms with Crippen molar-refractivity contribution in [2.24, 2.45) is 5.92 Å². The highest BCUT2D eigenvalue weighted by molar-refractivity contribution is 5.71. The van der Waals surface area contributed by atoms with Crippen LogP contribution in [0.25, 0.3) is 0 Å². The Morgan fingerprint density at radius 3 is 1.81 bits per heavy atom. The molecule has 2 rings (SSSR count). The number of hydrogen-bond acceptors (Lipinski definition) is 2. The van der Waals surface area contributed by atoms with E-state index >= 15 is 0 Å². The molecule has 0 aromatic heterocycles. The van der Waals surface area contributed by atoms with Gasteiger partial charge in [0.1, 0.15) is 6.61 Å². The summed E-state index contributed by atoms with van der Waals surface area (Å²) in [7, 11) is 0. The smallest absolute Gasteiger partial charge is 0.308 e. The van der Waals surface area contributed by atoms with Crippen LogP contribution in [0.3, 0.4) is 0 Å². The van der Waals surface area contributed by atoms with E-state index in [0.29, 0.717) is 12.5 Å². The fraction of sp³-hybridized carbons (Fsp3) is 0.458. The third-order valence-electron chi connectivity index (χ3n) is 4.22. The first-order valence-corrected chi connectivity index (χ1v) is 9.83. The second kappa shape index (κ2) is 15.2. The lowest BCUT2D eigenvalue weighted by molar-refractivity contribution is -0.149. The Kier molecular flexibility index (Phi) is 14.0. The average Bonchev–Trinajstić information content (AvgIpc) is 2.74. The van der Waals surface area contributed by atoms with Crippen LogP contribution in [0.15, 0.2) is 60.7 Å². The topological polar surface area (TPSA) is 26.3 Å². The average molecular weight is 357 g/mol. The van der Waals surface area contributed by atoms with Crippen LogP contribution in [0.5, 0.6) is 0 Å². The SMILES string of the molecule is CC.CCC(C)C(=O)OCc1ccccc1.CCC(C)c1ccccc1. The Morgan fingerprint density at radius 2 is 1.35 bits per heavy atom. The van der Waals surface area contributed by atoms with Crippen molar-refractivity contribution in [1.82, 2.24) is 0 Å². The van der Waals surface area contributed by atoms with Crippen molar-refractivity contribution in [2.75, 3.05) is 0 Å². The van der Waals surface area contributed by atoms with Gasteiger partial charge in [-0.1, -0.05) is 102 Å². The fourth-order valence-corrected chi connectivity index (χ4v) is 2.05. The van der Waals surface area contributed by atoms with Gasteiger partial charge in [-0.3, -0.25) is 4.79 Å². The number of carbonyl (C=O) groups is 1. The van der Waals surface area contributed by atoms with Gasteiger partial charge < -0.3 is 4.74 Å². The predicted molar refractivity (Wildman–Crippen MR) is 112 cm³/mol. The molecule has 0 spiro atoms.